The van der Waals surface area contributed by atoms with E-state index in [1.165, 1.54) is 12.1 Å². The second-order valence-corrected chi connectivity index (χ2v) is 5.28. The van der Waals surface area contributed by atoms with E-state index in [1.807, 2.05) is 0 Å². The summed E-state index contributed by atoms with van der Waals surface area (Å²) in [4.78, 5) is 1.76. The SMILES string of the molecule is Fc1cc(F)cc(NC2CCN(CCC(F)(F)F)CC2)c1. The van der Waals surface area contributed by atoms with Crippen molar-refractivity contribution in [3.8, 4) is 0 Å². The molecule has 1 aromatic rings. The summed E-state index contributed by atoms with van der Waals surface area (Å²) in [6, 6.07) is 3.23. The summed E-state index contributed by atoms with van der Waals surface area (Å²) in [6.45, 7) is 1.10. The van der Waals surface area contributed by atoms with Gasteiger partial charge in [-0.05, 0) is 25.0 Å². The van der Waals surface area contributed by atoms with Crippen molar-refractivity contribution in [1.82, 2.24) is 4.90 Å². The number of hydrogen-bond donors (Lipinski definition) is 1. The number of likely N-dealkylation sites (tertiary alicyclic amines) is 1. The third-order valence-electron chi connectivity index (χ3n) is 3.53. The van der Waals surface area contributed by atoms with Crippen LogP contribution in [0.15, 0.2) is 18.2 Å². The lowest BCUT2D eigenvalue weighted by Crippen LogP contribution is -2.40. The van der Waals surface area contributed by atoms with Crippen LogP contribution in [0, 0.1) is 11.6 Å². The van der Waals surface area contributed by atoms with Gasteiger partial charge in [-0.15, -0.1) is 0 Å². The molecule has 1 saturated heterocycles. The Labute approximate surface area is 119 Å². The molecule has 0 bridgehead atoms. The maximum atomic E-state index is 13.1. The summed E-state index contributed by atoms with van der Waals surface area (Å²) in [7, 11) is 0. The van der Waals surface area contributed by atoms with Gasteiger partial charge in [0.05, 0.1) is 6.42 Å². The first-order chi connectivity index (χ1) is 9.82. The molecule has 7 heteroatoms. The lowest BCUT2D eigenvalue weighted by Gasteiger charge is -2.33. The first-order valence-electron chi connectivity index (χ1n) is 6.83. The second-order valence-electron chi connectivity index (χ2n) is 5.28. The molecule has 1 N–H and O–H groups in total. The van der Waals surface area contributed by atoms with Crippen molar-refractivity contribution >= 4 is 5.69 Å². The van der Waals surface area contributed by atoms with Gasteiger partial charge in [-0.1, -0.05) is 0 Å². The molecule has 0 amide bonds. The van der Waals surface area contributed by atoms with Crippen molar-refractivity contribution in [3.63, 3.8) is 0 Å². The minimum atomic E-state index is -4.13. The molecule has 1 fully saturated rings. The predicted octanol–water partition coefficient (Wildman–Crippen LogP) is 3.79. The monoisotopic (exact) mass is 308 g/mol. The van der Waals surface area contributed by atoms with E-state index in [-0.39, 0.29) is 12.6 Å². The van der Waals surface area contributed by atoms with Crippen LogP contribution < -0.4 is 5.32 Å². The highest BCUT2D eigenvalue weighted by atomic mass is 19.4. The zero-order valence-corrected chi connectivity index (χ0v) is 11.4. The molecule has 1 aliphatic rings. The van der Waals surface area contributed by atoms with Gasteiger partial charge in [0.2, 0.25) is 0 Å². The third kappa shape index (κ3) is 5.49. The number of benzene rings is 1. The summed E-state index contributed by atoms with van der Waals surface area (Å²) in [5, 5.41) is 3.03. The minimum Gasteiger partial charge on any atom is -0.382 e. The first-order valence-corrected chi connectivity index (χ1v) is 6.83. The van der Waals surface area contributed by atoms with Gasteiger partial charge in [0.15, 0.2) is 0 Å². The van der Waals surface area contributed by atoms with Crippen molar-refractivity contribution < 1.29 is 22.0 Å². The first kappa shape index (κ1) is 16.0. The van der Waals surface area contributed by atoms with E-state index in [2.05, 4.69) is 5.32 Å². The van der Waals surface area contributed by atoms with Gasteiger partial charge >= 0.3 is 6.18 Å². The van der Waals surface area contributed by atoms with E-state index in [0.717, 1.165) is 6.07 Å². The van der Waals surface area contributed by atoms with Crippen LogP contribution >= 0.6 is 0 Å². The largest absolute Gasteiger partial charge is 0.390 e. The van der Waals surface area contributed by atoms with Gasteiger partial charge in [0.25, 0.3) is 0 Å². The molecule has 118 valence electrons. The third-order valence-corrected chi connectivity index (χ3v) is 3.53. The molecule has 0 saturated carbocycles. The number of nitrogens with one attached hydrogen (secondary N) is 1. The fraction of sp³-hybridized carbons (Fsp3) is 0.571. The van der Waals surface area contributed by atoms with Crippen molar-refractivity contribution in [2.24, 2.45) is 0 Å². The number of nitrogens with zero attached hydrogens (tertiary/aromatic N) is 1. The Morgan fingerprint density at radius 2 is 1.62 bits per heavy atom. The number of anilines is 1. The second kappa shape index (κ2) is 6.60. The minimum absolute atomic E-state index is 0.00478. The molecule has 0 spiro atoms. The Morgan fingerprint density at radius 1 is 1.05 bits per heavy atom. The summed E-state index contributed by atoms with van der Waals surface area (Å²) in [6.07, 6.45) is -3.64. The Kier molecular flexibility index (Phi) is 5.03. The number of rotatable bonds is 4. The summed E-state index contributed by atoms with van der Waals surface area (Å²) in [5.41, 5.74) is 0.362. The van der Waals surface area contributed by atoms with Crippen LogP contribution in [0.25, 0.3) is 0 Å². The number of alkyl halides is 3. The van der Waals surface area contributed by atoms with Gasteiger partial charge in [-0.25, -0.2) is 8.78 Å². The van der Waals surface area contributed by atoms with Crippen LogP contribution in [0.3, 0.4) is 0 Å². The molecule has 0 aromatic heterocycles. The topological polar surface area (TPSA) is 15.3 Å². The standard InChI is InChI=1S/C14H17F5N2/c15-10-7-11(16)9-13(8-10)20-12-1-4-21(5-2-12)6-3-14(17,18)19/h7-9,12,20H,1-6H2. The molecule has 1 heterocycles. The van der Waals surface area contributed by atoms with Crippen molar-refractivity contribution in [1.29, 1.82) is 0 Å². The van der Waals surface area contributed by atoms with E-state index in [4.69, 9.17) is 0 Å². The average Bonchev–Trinajstić information content (AvgIpc) is 2.36. The summed E-state index contributed by atoms with van der Waals surface area (Å²) < 4.78 is 62.5. The Hall–Kier alpha value is -1.37. The van der Waals surface area contributed by atoms with E-state index < -0.39 is 24.2 Å². The fourth-order valence-electron chi connectivity index (χ4n) is 2.46. The molecule has 0 radical (unpaired) electrons. The maximum Gasteiger partial charge on any atom is 0.390 e. The zero-order valence-electron chi connectivity index (χ0n) is 11.4. The highest BCUT2D eigenvalue weighted by Crippen LogP contribution is 2.22. The van der Waals surface area contributed by atoms with Crippen molar-refractivity contribution in [2.75, 3.05) is 25.0 Å². The van der Waals surface area contributed by atoms with Crippen LogP contribution in [0.4, 0.5) is 27.6 Å². The molecular weight excluding hydrogens is 291 g/mol. The molecule has 1 aliphatic heterocycles. The van der Waals surface area contributed by atoms with Crippen LogP contribution in [-0.4, -0.2) is 36.8 Å². The van der Waals surface area contributed by atoms with Gasteiger partial charge in [-0.2, -0.15) is 13.2 Å². The number of piperidine rings is 1. The van der Waals surface area contributed by atoms with Crippen LogP contribution in [0.1, 0.15) is 19.3 Å². The highest BCUT2D eigenvalue weighted by Gasteiger charge is 2.29. The van der Waals surface area contributed by atoms with E-state index >= 15 is 0 Å². The van der Waals surface area contributed by atoms with E-state index in [1.54, 1.807) is 4.90 Å². The maximum absolute atomic E-state index is 13.1. The smallest absolute Gasteiger partial charge is 0.382 e. The average molecular weight is 308 g/mol. The Morgan fingerprint density at radius 3 is 2.14 bits per heavy atom. The summed E-state index contributed by atoms with van der Waals surface area (Å²) >= 11 is 0. The molecule has 0 unspecified atom stereocenters. The van der Waals surface area contributed by atoms with Crippen LogP contribution in [0.2, 0.25) is 0 Å². The molecule has 2 nitrogen and oxygen atoms in total. The number of halogens is 5. The Balaban J connectivity index is 1.79. The van der Waals surface area contributed by atoms with Gasteiger partial charge in [-0.3, -0.25) is 0 Å². The lowest BCUT2D eigenvalue weighted by molar-refractivity contribution is -0.138. The molecule has 0 aliphatic carbocycles. The predicted molar refractivity (Wildman–Crippen MR) is 70.1 cm³/mol. The van der Waals surface area contributed by atoms with Crippen LogP contribution in [-0.2, 0) is 0 Å². The van der Waals surface area contributed by atoms with Crippen molar-refractivity contribution in [3.05, 3.63) is 29.8 Å². The molecule has 1 aromatic carbocycles. The molecular formula is C14H17F5N2. The number of hydrogen-bond acceptors (Lipinski definition) is 2. The lowest BCUT2D eigenvalue weighted by atomic mass is 10.0. The molecule has 2 rings (SSSR count). The fourth-order valence-corrected chi connectivity index (χ4v) is 2.46. The normalized spacial score (nSPS) is 18.0. The van der Waals surface area contributed by atoms with Gasteiger partial charge < -0.3 is 10.2 Å². The van der Waals surface area contributed by atoms with E-state index in [0.29, 0.717) is 31.6 Å². The van der Waals surface area contributed by atoms with Crippen molar-refractivity contribution in [2.45, 2.75) is 31.5 Å². The highest BCUT2D eigenvalue weighted by molar-refractivity contribution is 5.44. The van der Waals surface area contributed by atoms with Gasteiger partial charge in [0, 0.05) is 37.4 Å². The zero-order chi connectivity index (χ0) is 15.5. The summed E-state index contributed by atoms with van der Waals surface area (Å²) in [5.74, 6) is -1.31. The van der Waals surface area contributed by atoms with E-state index in [9.17, 15) is 22.0 Å². The molecule has 21 heavy (non-hydrogen) atoms. The Bertz CT molecular complexity index is 447. The molecule has 0 atom stereocenters. The van der Waals surface area contributed by atoms with Crippen LogP contribution in [0.5, 0.6) is 0 Å². The quantitative estimate of drug-likeness (QED) is 0.851. The van der Waals surface area contributed by atoms with Gasteiger partial charge in [0.1, 0.15) is 11.6 Å².